The van der Waals surface area contributed by atoms with Gasteiger partial charge in [0.25, 0.3) is 0 Å². The molecule has 1 rings (SSSR count). The Balaban J connectivity index is 2.59. The fourth-order valence-corrected chi connectivity index (χ4v) is 2.97. The lowest BCUT2D eigenvalue weighted by Gasteiger charge is -2.08. The minimum Gasteiger partial charge on any atom is -0.476 e. The lowest BCUT2D eigenvalue weighted by atomic mass is 10.1. The monoisotopic (exact) mass is 319 g/mol. The predicted octanol–water partition coefficient (Wildman–Crippen LogP) is 0.757. The van der Waals surface area contributed by atoms with Crippen molar-refractivity contribution in [3.8, 4) is 0 Å². The zero-order valence-corrected chi connectivity index (χ0v) is 13.2. The summed E-state index contributed by atoms with van der Waals surface area (Å²) in [6.45, 7) is 6.45. The summed E-state index contributed by atoms with van der Waals surface area (Å²) in [5, 5.41) is 14.8. The number of aromatic amines is 1. The number of rotatable bonds is 9. The van der Waals surface area contributed by atoms with Crippen LogP contribution >= 0.6 is 0 Å². The average Bonchev–Trinajstić information content (AvgIpc) is 2.76. The largest absolute Gasteiger partial charge is 0.476 e. The molecule has 0 aliphatic heterocycles. The van der Waals surface area contributed by atoms with E-state index >= 15 is 0 Å². The number of carboxylic acid groups (broad SMARTS) is 1. The Labute approximate surface area is 123 Å². The number of ether oxygens (including phenoxy) is 1. The van der Waals surface area contributed by atoms with E-state index in [-0.39, 0.29) is 23.7 Å². The molecular formula is C12H21N3O5S. The molecule has 0 radical (unpaired) electrons. The first-order chi connectivity index (χ1) is 9.75. The van der Waals surface area contributed by atoms with Crippen LogP contribution < -0.4 is 4.72 Å². The highest BCUT2D eigenvalue weighted by atomic mass is 32.2. The average molecular weight is 319 g/mol. The summed E-state index contributed by atoms with van der Waals surface area (Å²) in [7, 11) is -3.93. The first-order valence-corrected chi connectivity index (χ1v) is 8.09. The minimum absolute atomic E-state index is 0.0735. The molecule has 1 heterocycles. The lowest BCUT2D eigenvalue weighted by Crippen LogP contribution is -2.29. The van der Waals surface area contributed by atoms with Crippen LogP contribution in [0.1, 0.15) is 36.5 Å². The van der Waals surface area contributed by atoms with E-state index in [0.717, 1.165) is 6.42 Å². The van der Waals surface area contributed by atoms with Crippen LogP contribution in [-0.2, 0) is 14.8 Å². The zero-order valence-electron chi connectivity index (χ0n) is 12.3. The summed E-state index contributed by atoms with van der Waals surface area (Å²) < 4.78 is 31.8. The molecule has 21 heavy (non-hydrogen) atoms. The molecule has 0 unspecified atom stereocenters. The molecule has 9 heteroatoms. The van der Waals surface area contributed by atoms with Crippen molar-refractivity contribution in [2.24, 2.45) is 5.92 Å². The summed E-state index contributed by atoms with van der Waals surface area (Å²) in [6.07, 6.45) is 0.900. The normalized spacial score (nSPS) is 12.0. The summed E-state index contributed by atoms with van der Waals surface area (Å²) >= 11 is 0. The second kappa shape index (κ2) is 7.53. The molecule has 8 nitrogen and oxygen atoms in total. The van der Waals surface area contributed by atoms with E-state index in [9.17, 15) is 13.2 Å². The molecule has 0 saturated heterocycles. The van der Waals surface area contributed by atoms with Gasteiger partial charge in [0.1, 0.15) is 4.90 Å². The van der Waals surface area contributed by atoms with Crippen molar-refractivity contribution in [2.75, 3.05) is 19.8 Å². The fourth-order valence-electron chi connectivity index (χ4n) is 1.63. The van der Waals surface area contributed by atoms with Crippen LogP contribution in [0.3, 0.4) is 0 Å². The third-order valence-corrected chi connectivity index (χ3v) is 4.36. The van der Waals surface area contributed by atoms with Crippen molar-refractivity contribution in [1.82, 2.24) is 14.9 Å². The molecule has 0 amide bonds. The Morgan fingerprint density at radius 1 is 1.43 bits per heavy atom. The number of nitrogens with one attached hydrogen (secondary N) is 2. The number of nitrogens with zero attached hydrogens (tertiary/aromatic N) is 1. The van der Waals surface area contributed by atoms with Crippen molar-refractivity contribution >= 4 is 16.0 Å². The third kappa shape index (κ3) is 5.10. The molecule has 3 N–H and O–H groups in total. The van der Waals surface area contributed by atoms with Crippen molar-refractivity contribution in [3.05, 3.63) is 11.4 Å². The Kier molecular flexibility index (Phi) is 6.31. The van der Waals surface area contributed by atoms with Crippen molar-refractivity contribution in [1.29, 1.82) is 0 Å². The van der Waals surface area contributed by atoms with Crippen LogP contribution in [0.4, 0.5) is 0 Å². The highest BCUT2D eigenvalue weighted by molar-refractivity contribution is 7.89. The van der Waals surface area contributed by atoms with Gasteiger partial charge in [-0.1, -0.05) is 13.8 Å². The van der Waals surface area contributed by atoms with Gasteiger partial charge in [-0.3, -0.25) is 5.10 Å². The number of carbonyl (C=O) groups is 1. The first-order valence-electron chi connectivity index (χ1n) is 6.61. The van der Waals surface area contributed by atoms with Gasteiger partial charge in [0.2, 0.25) is 10.0 Å². The molecule has 0 fully saturated rings. The molecule has 0 bridgehead atoms. The molecule has 0 atom stereocenters. The van der Waals surface area contributed by atoms with Gasteiger partial charge in [-0.05, 0) is 19.3 Å². The highest BCUT2D eigenvalue weighted by Gasteiger charge is 2.27. The fraction of sp³-hybridized carbons (Fsp3) is 0.667. The maximum atomic E-state index is 12.1. The Morgan fingerprint density at radius 3 is 2.67 bits per heavy atom. The lowest BCUT2D eigenvalue weighted by molar-refractivity contribution is 0.0686. The number of aromatic nitrogens is 2. The van der Waals surface area contributed by atoms with Crippen LogP contribution in [0.5, 0.6) is 0 Å². The number of aromatic carboxylic acids is 1. The molecule has 1 aromatic rings. The molecule has 0 spiro atoms. The highest BCUT2D eigenvalue weighted by Crippen LogP contribution is 2.17. The molecule has 120 valence electrons. The first kappa shape index (κ1) is 17.6. The molecule has 0 aliphatic carbocycles. The number of H-pyrrole nitrogens is 1. The van der Waals surface area contributed by atoms with E-state index in [2.05, 4.69) is 28.8 Å². The summed E-state index contributed by atoms with van der Waals surface area (Å²) in [6, 6.07) is 0. The molecular weight excluding hydrogens is 298 g/mol. The zero-order chi connectivity index (χ0) is 16.0. The predicted molar refractivity (Wildman–Crippen MR) is 75.7 cm³/mol. The Hall–Kier alpha value is -1.45. The van der Waals surface area contributed by atoms with E-state index < -0.39 is 21.7 Å². The number of carboxylic acids is 1. The van der Waals surface area contributed by atoms with E-state index in [1.54, 1.807) is 0 Å². The van der Waals surface area contributed by atoms with Crippen LogP contribution in [0.25, 0.3) is 0 Å². The van der Waals surface area contributed by atoms with Crippen LogP contribution in [-0.4, -0.2) is 49.4 Å². The number of aryl methyl sites for hydroxylation is 1. The molecule has 0 aromatic carbocycles. The molecule has 0 saturated carbocycles. The van der Waals surface area contributed by atoms with Crippen LogP contribution in [0, 0.1) is 12.8 Å². The summed E-state index contributed by atoms with van der Waals surface area (Å²) in [5.74, 6) is -0.874. The van der Waals surface area contributed by atoms with Gasteiger partial charge in [-0.2, -0.15) is 5.10 Å². The second-order valence-electron chi connectivity index (χ2n) is 5.02. The van der Waals surface area contributed by atoms with Gasteiger partial charge >= 0.3 is 5.97 Å². The Morgan fingerprint density at radius 2 is 2.10 bits per heavy atom. The van der Waals surface area contributed by atoms with Gasteiger partial charge in [0.05, 0.1) is 12.3 Å². The van der Waals surface area contributed by atoms with Gasteiger partial charge < -0.3 is 9.84 Å². The second-order valence-corrected chi connectivity index (χ2v) is 6.73. The van der Waals surface area contributed by atoms with E-state index in [1.165, 1.54) is 6.92 Å². The maximum absolute atomic E-state index is 12.1. The molecule has 0 aliphatic rings. The number of hydrogen-bond acceptors (Lipinski definition) is 5. The van der Waals surface area contributed by atoms with E-state index in [1.807, 2.05) is 0 Å². The summed E-state index contributed by atoms with van der Waals surface area (Å²) in [5.41, 5.74) is -0.332. The Bertz CT molecular complexity index is 580. The van der Waals surface area contributed by atoms with E-state index in [4.69, 9.17) is 9.84 Å². The van der Waals surface area contributed by atoms with Crippen LogP contribution in [0.2, 0.25) is 0 Å². The van der Waals surface area contributed by atoms with Crippen molar-refractivity contribution < 1.29 is 23.1 Å². The van der Waals surface area contributed by atoms with Gasteiger partial charge in [0.15, 0.2) is 5.69 Å². The minimum atomic E-state index is -3.93. The van der Waals surface area contributed by atoms with Crippen molar-refractivity contribution in [3.63, 3.8) is 0 Å². The van der Waals surface area contributed by atoms with Crippen LogP contribution in [0.15, 0.2) is 4.90 Å². The maximum Gasteiger partial charge on any atom is 0.357 e. The van der Waals surface area contributed by atoms with Crippen molar-refractivity contribution in [2.45, 2.75) is 32.1 Å². The number of sulfonamides is 1. The SMILES string of the molecule is Cc1[nH]nc(C(=O)O)c1S(=O)(=O)NCCOCCC(C)C. The van der Waals surface area contributed by atoms with Gasteiger partial charge in [0, 0.05) is 13.2 Å². The standard InChI is InChI=1S/C12H21N3O5S/c1-8(2)4-6-20-7-5-13-21(18,19)11-9(3)14-15-10(11)12(16)17/h8,13H,4-7H2,1-3H3,(H,14,15)(H,16,17). The quantitative estimate of drug-likeness (QED) is 0.578. The molecule has 1 aromatic heterocycles. The topological polar surface area (TPSA) is 121 Å². The van der Waals surface area contributed by atoms with Gasteiger partial charge in [-0.25, -0.2) is 17.9 Å². The smallest absolute Gasteiger partial charge is 0.357 e. The third-order valence-electron chi connectivity index (χ3n) is 2.74. The number of hydrogen-bond donors (Lipinski definition) is 3. The van der Waals surface area contributed by atoms with E-state index in [0.29, 0.717) is 12.5 Å². The summed E-state index contributed by atoms with van der Waals surface area (Å²) in [4.78, 5) is 10.6. The van der Waals surface area contributed by atoms with Gasteiger partial charge in [-0.15, -0.1) is 0 Å².